The SMILES string of the molecule is O=C1NCCN(C(=O)CCc2n[nH]c3c2CCCC3)C1Cc1cnc[nH]1. The number of imidazole rings is 1. The van der Waals surface area contributed by atoms with E-state index in [0.717, 1.165) is 24.2 Å². The molecule has 8 heteroatoms. The summed E-state index contributed by atoms with van der Waals surface area (Å²) in [5, 5.41) is 10.4. The van der Waals surface area contributed by atoms with E-state index in [9.17, 15) is 9.59 Å². The number of hydrogen-bond acceptors (Lipinski definition) is 4. The lowest BCUT2D eigenvalue weighted by Crippen LogP contribution is -2.58. The molecule has 26 heavy (non-hydrogen) atoms. The molecule has 2 amide bonds. The molecule has 1 saturated heterocycles. The second-order valence-electron chi connectivity index (χ2n) is 7.01. The zero-order valence-corrected chi connectivity index (χ0v) is 14.8. The number of aryl methyl sites for hydroxylation is 2. The highest BCUT2D eigenvalue weighted by molar-refractivity contribution is 5.89. The van der Waals surface area contributed by atoms with Crippen molar-refractivity contribution in [2.45, 2.75) is 51.0 Å². The predicted molar refractivity (Wildman–Crippen MR) is 94.4 cm³/mol. The first-order chi connectivity index (χ1) is 12.7. The fraction of sp³-hybridized carbons (Fsp3) is 0.556. The first kappa shape index (κ1) is 16.8. The van der Waals surface area contributed by atoms with Crippen LogP contribution < -0.4 is 5.32 Å². The third-order valence-electron chi connectivity index (χ3n) is 5.34. The van der Waals surface area contributed by atoms with E-state index in [1.165, 1.54) is 24.1 Å². The summed E-state index contributed by atoms with van der Waals surface area (Å²) in [6.45, 7) is 1.05. The number of nitrogens with one attached hydrogen (secondary N) is 3. The topological polar surface area (TPSA) is 107 Å². The van der Waals surface area contributed by atoms with Crippen LogP contribution in [0.25, 0.3) is 0 Å². The number of H-pyrrole nitrogens is 2. The lowest BCUT2D eigenvalue weighted by Gasteiger charge is -2.35. The fourth-order valence-electron chi connectivity index (χ4n) is 3.95. The Balaban J connectivity index is 1.42. The number of hydrogen-bond donors (Lipinski definition) is 3. The van der Waals surface area contributed by atoms with Crippen molar-refractivity contribution in [2.75, 3.05) is 13.1 Å². The van der Waals surface area contributed by atoms with E-state index in [2.05, 4.69) is 25.5 Å². The molecule has 1 atom stereocenters. The first-order valence-corrected chi connectivity index (χ1v) is 9.32. The van der Waals surface area contributed by atoms with Crippen molar-refractivity contribution in [3.05, 3.63) is 35.2 Å². The number of aromatic nitrogens is 4. The molecular weight excluding hydrogens is 332 g/mol. The Morgan fingerprint density at radius 3 is 3.04 bits per heavy atom. The van der Waals surface area contributed by atoms with Gasteiger partial charge in [-0.25, -0.2) is 4.98 Å². The van der Waals surface area contributed by atoms with Crippen LogP contribution in [-0.4, -0.2) is 56.0 Å². The van der Waals surface area contributed by atoms with Crippen molar-refractivity contribution in [1.29, 1.82) is 0 Å². The van der Waals surface area contributed by atoms with Crippen LogP contribution in [0, 0.1) is 0 Å². The summed E-state index contributed by atoms with van der Waals surface area (Å²) in [5.41, 5.74) is 4.40. The normalized spacial score (nSPS) is 19.9. The molecule has 3 N–H and O–H groups in total. The van der Waals surface area contributed by atoms with E-state index in [1.807, 2.05) is 0 Å². The molecule has 1 aliphatic heterocycles. The van der Waals surface area contributed by atoms with Gasteiger partial charge in [0, 0.05) is 49.9 Å². The molecule has 2 aromatic heterocycles. The minimum absolute atomic E-state index is 0.0110. The van der Waals surface area contributed by atoms with Gasteiger partial charge in [-0.3, -0.25) is 14.7 Å². The lowest BCUT2D eigenvalue weighted by atomic mass is 9.94. The van der Waals surface area contributed by atoms with Crippen LogP contribution in [-0.2, 0) is 35.3 Å². The summed E-state index contributed by atoms with van der Waals surface area (Å²) < 4.78 is 0. The second-order valence-corrected chi connectivity index (χ2v) is 7.01. The van der Waals surface area contributed by atoms with Crippen LogP contribution in [0.3, 0.4) is 0 Å². The Morgan fingerprint density at radius 2 is 2.19 bits per heavy atom. The van der Waals surface area contributed by atoms with E-state index in [1.54, 1.807) is 17.4 Å². The van der Waals surface area contributed by atoms with E-state index in [-0.39, 0.29) is 11.8 Å². The van der Waals surface area contributed by atoms with Crippen molar-refractivity contribution >= 4 is 11.8 Å². The Morgan fingerprint density at radius 1 is 1.31 bits per heavy atom. The standard InChI is InChI=1S/C18H24N6O2/c25-17(6-5-15-13-3-1-2-4-14(13)22-23-15)24-8-7-20-18(26)16(24)9-12-10-19-11-21-12/h10-11,16H,1-9H2,(H,19,21)(H,20,26)(H,22,23). The smallest absolute Gasteiger partial charge is 0.243 e. The van der Waals surface area contributed by atoms with Crippen molar-refractivity contribution in [3.8, 4) is 0 Å². The minimum Gasteiger partial charge on any atom is -0.353 e. The molecule has 0 saturated carbocycles. The van der Waals surface area contributed by atoms with Gasteiger partial charge in [0.2, 0.25) is 11.8 Å². The molecule has 1 aliphatic carbocycles. The summed E-state index contributed by atoms with van der Waals surface area (Å²) >= 11 is 0. The van der Waals surface area contributed by atoms with Crippen molar-refractivity contribution in [3.63, 3.8) is 0 Å². The molecule has 2 aliphatic rings. The molecule has 0 radical (unpaired) electrons. The third kappa shape index (κ3) is 3.36. The van der Waals surface area contributed by atoms with Crippen LogP contribution in [0.1, 0.15) is 41.9 Å². The molecule has 0 aromatic carbocycles. The number of piperazine rings is 1. The molecule has 1 fully saturated rings. The molecule has 138 valence electrons. The zero-order chi connectivity index (χ0) is 17.9. The number of nitrogens with zero attached hydrogens (tertiary/aromatic N) is 3. The molecule has 0 spiro atoms. The average Bonchev–Trinajstić information content (AvgIpc) is 3.31. The summed E-state index contributed by atoms with van der Waals surface area (Å²) in [4.78, 5) is 33.8. The summed E-state index contributed by atoms with van der Waals surface area (Å²) in [6, 6.07) is -0.482. The van der Waals surface area contributed by atoms with E-state index >= 15 is 0 Å². The van der Waals surface area contributed by atoms with Crippen LogP contribution in [0.5, 0.6) is 0 Å². The fourth-order valence-corrected chi connectivity index (χ4v) is 3.95. The van der Waals surface area contributed by atoms with Gasteiger partial charge < -0.3 is 15.2 Å². The van der Waals surface area contributed by atoms with Crippen molar-refractivity contribution in [2.24, 2.45) is 0 Å². The molecule has 1 unspecified atom stereocenters. The maximum atomic E-state index is 12.8. The van der Waals surface area contributed by atoms with Gasteiger partial charge in [-0.2, -0.15) is 5.10 Å². The van der Waals surface area contributed by atoms with E-state index < -0.39 is 6.04 Å². The van der Waals surface area contributed by atoms with Gasteiger partial charge in [0.15, 0.2) is 0 Å². The highest BCUT2D eigenvalue weighted by atomic mass is 16.2. The minimum atomic E-state index is -0.482. The number of aromatic amines is 2. The van der Waals surface area contributed by atoms with Gasteiger partial charge in [-0.1, -0.05) is 0 Å². The molecule has 4 rings (SSSR count). The molecule has 8 nitrogen and oxygen atoms in total. The number of rotatable bonds is 5. The van der Waals surface area contributed by atoms with Crippen molar-refractivity contribution < 1.29 is 9.59 Å². The van der Waals surface area contributed by atoms with Crippen LogP contribution in [0.15, 0.2) is 12.5 Å². The van der Waals surface area contributed by atoms with Crippen LogP contribution in [0.4, 0.5) is 0 Å². The van der Waals surface area contributed by atoms with E-state index in [4.69, 9.17) is 0 Å². The van der Waals surface area contributed by atoms with Gasteiger partial charge >= 0.3 is 0 Å². The van der Waals surface area contributed by atoms with Gasteiger partial charge in [0.05, 0.1) is 12.0 Å². The maximum absolute atomic E-state index is 12.8. The maximum Gasteiger partial charge on any atom is 0.243 e. The number of carbonyl (C=O) groups is 2. The number of fused-ring (bicyclic) bond motifs is 1. The molecule has 0 bridgehead atoms. The molecule has 2 aromatic rings. The summed E-state index contributed by atoms with van der Waals surface area (Å²) in [5.74, 6) is -0.0896. The highest BCUT2D eigenvalue weighted by Gasteiger charge is 2.33. The lowest BCUT2D eigenvalue weighted by molar-refractivity contribution is -0.143. The van der Waals surface area contributed by atoms with Gasteiger partial charge in [0.1, 0.15) is 6.04 Å². The number of amides is 2. The highest BCUT2D eigenvalue weighted by Crippen LogP contribution is 2.23. The Hall–Kier alpha value is -2.64. The Kier molecular flexibility index (Phi) is 4.73. The van der Waals surface area contributed by atoms with E-state index in [0.29, 0.717) is 32.4 Å². The monoisotopic (exact) mass is 356 g/mol. The van der Waals surface area contributed by atoms with Crippen molar-refractivity contribution in [1.82, 2.24) is 30.4 Å². The average molecular weight is 356 g/mol. The molecule has 3 heterocycles. The third-order valence-corrected chi connectivity index (χ3v) is 5.34. The van der Waals surface area contributed by atoms with Crippen LogP contribution in [0.2, 0.25) is 0 Å². The van der Waals surface area contributed by atoms with Crippen LogP contribution >= 0.6 is 0 Å². The van der Waals surface area contributed by atoms with Gasteiger partial charge in [-0.15, -0.1) is 0 Å². The Labute approximate surface area is 151 Å². The van der Waals surface area contributed by atoms with Gasteiger partial charge in [-0.05, 0) is 31.2 Å². The quantitative estimate of drug-likeness (QED) is 0.726. The molecular formula is C18H24N6O2. The summed E-state index contributed by atoms with van der Waals surface area (Å²) in [7, 11) is 0. The first-order valence-electron chi connectivity index (χ1n) is 9.32. The predicted octanol–water partition coefficient (Wildman–Crippen LogP) is 0.514. The largest absolute Gasteiger partial charge is 0.353 e. The second kappa shape index (κ2) is 7.31. The van der Waals surface area contributed by atoms with Gasteiger partial charge in [0.25, 0.3) is 0 Å². The Bertz CT molecular complexity index is 782. The zero-order valence-electron chi connectivity index (χ0n) is 14.8. The number of carbonyl (C=O) groups excluding carboxylic acids is 2. The summed E-state index contributed by atoms with van der Waals surface area (Å²) in [6.07, 6.45) is 9.22.